The molecule has 3 rings (SSSR count). The van der Waals surface area contributed by atoms with Crippen LogP contribution in [0.1, 0.15) is 21.9 Å². The largest absolute Gasteiger partial charge is 0.340 e. The Hall–Kier alpha value is -3.28. The van der Waals surface area contributed by atoms with Gasteiger partial charge in [0.1, 0.15) is 23.2 Å². The standard InChI is InChI=1S/C19H17FN4O/c1-12-4-3-5-16(10-12)23-18-11-17(21-13(2)22-18)19(25)24-15-8-6-14(20)7-9-15/h3-11H,1-2H3,(H,24,25)(H,21,22,23). The van der Waals surface area contributed by atoms with Crippen LogP contribution in [-0.2, 0) is 0 Å². The summed E-state index contributed by atoms with van der Waals surface area (Å²) in [6.07, 6.45) is 0. The summed E-state index contributed by atoms with van der Waals surface area (Å²) in [7, 11) is 0. The molecule has 0 saturated carbocycles. The fraction of sp³-hybridized carbons (Fsp3) is 0.105. The first-order valence-corrected chi connectivity index (χ1v) is 7.76. The molecule has 25 heavy (non-hydrogen) atoms. The zero-order valence-electron chi connectivity index (χ0n) is 13.9. The molecule has 0 radical (unpaired) electrons. The van der Waals surface area contributed by atoms with Gasteiger partial charge in [0.05, 0.1) is 0 Å². The molecule has 6 heteroatoms. The number of carbonyl (C=O) groups is 1. The van der Waals surface area contributed by atoms with Gasteiger partial charge in [-0.05, 0) is 55.8 Å². The van der Waals surface area contributed by atoms with Crippen LogP contribution >= 0.6 is 0 Å². The van der Waals surface area contributed by atoms with Gasteiger partial charge in [-0.15, -0.1) is 0 Å². The molecule has 0 aliphatic rings. The van der Waals surface area contributed by atoms with E-state index in [2.05, 4.69) is 20.6 Å². The molecule has 0 atom stereocenters. The Morgan fingerprint density at radius 3 is 2.44 bits per heavy atom. The summed E-state index contributed by atoms with van der Waals surface area (Å²) in [6, 6.07) is 15.0. The number of nitrogens with zero attached hydrogens (tertiary/aromatic N) is 2. The SMILES string of the molecule is Cc1cccc(Nc2cc(C(=O)Nc3ccc(F)cc3)nc(C)n2)c1. The van der Waals surface area contributed by atoms with Crippen molar-refractivity contribution >= 4 is 23.1 Å². The van der Waals surface area contributed by atoms with Crippen LogP contribution in [0.25, 0.3) is 0 Å². The molecule has 0 aliphatic carbocycles. The van der Waals surface area contributed by atoms with Gasteiger partial charge in [-0.1, -0.05) is 12.1 Å². The molecular weight excluding hydrogens is 319 g/mol. The second kappa shape index (κ2) is 7.09. The molecule has 0 unspecified atom stereocenters. The maximum Gasteiger partial charge on any atom is 0.274 e. The van der Waals surface area contributed by atoms with Gasteiger partial charge in [-0.2, -0.15) is 0 Å². The van der Waals surface area contributed by atoms with Crippen molar-refractivity contribution in [3.63, 3.8) is 0 Å². The van der Waals surface area contributed by atoms with Crippen LogP contribution < -0.4 is 10.6 Å². The minimum atomic E-state index is -0.385. The van der Waals surface area contributed by atoms with Crippen LogP contribution in [-0.4, -0.2) is 15.9 Å². The van der Waals surface area contributed by atoms with E-state index in [4.69, 9.17) is 0 Å². The number of benzene rings is 2. The third-order valence-corrected chi connectivity index (χ3v) is 3.46. The molecule has 5 nitrogen and oxygen atoms in total. The monoisotopic (exact) mass is 336 g/mol. The predicted molar refractivity (Wildman–Crippen MR) is 95.6 cm³/mol. The lowest BCUT2D eigenvalue weighted by molar-refractivity contribution is 0.102. The number of aryl methyl sites for hydroxylation is 2. The Labute approximate surface area is 145 Å². The van der Waals surface area contributed by atoms with Crippen LogP contribution in [0, 0.1) is 19.7 Å². The average molecular weight is 336 g/mol. The Kier molecular flexibility index (Phi) is 4.70. The van der Waals surface area contributed by atoms with Crippen molar-refractivity contribution in [1.82, 2.24) is 9.97 Å². The number of hydrogen-bond donors (Lipinski definition) is 2. The summed E-state index contributed by atoms with van der Waals surface area (Å²) < 4.78 is 12.9. The lowest BCUT2D eigenvalue weighted by Crippen LogP contribution is -2.15. The number of rotatable bonds is 4. The molecule has 3 aromatic rings. The van der Waals surface area contributed by atoms with Crippen LogP contribution in [0.5, 0.6) is 0 Å². The van der Waals surface area contributed by atoms with Gasteiger partial charge in [0.15, 0.2) is 0 Å². The van der Waals surface area contributed by atoms with Crippen molar-refractivity contribution in [3.05, 3.63) is 77.5 Å². The Morgan fingerprint density at radius 2 is 1.72 bits per heavy atom. The van der Waals surface area contributed by atoms with Crippen LogP contribution in [0.2, 0.25) is 0 Å². The van der Waals surface area contributed by atoms with E-state index >= 15 is 0 Å². The second-order valence-corrected chi connectivity index (χ2v) is 5.64. The van der Waals surface area contributed by atoms with E-state index in [-0.39, 0.29) is 17.4 Å². The second-order valence-electron chi connectivity index (χ2n) is 5.64. The highest BCUT2D eigenvalue weighted by molar-refractivity contribution is 6.03. The first kappa shape index (κ1) is 16.6. The molecule has 2 N–H and O–H groups in total. The maximum atomic E-state index is 12.9. The number of carbonyl (C=O) groups excluding carboxylic acids is 1. The van der Waals surface area contributed by atoms with Crippen molar-refractivity contribution < 1.29 is 9.18 Å². The third kappa shape index (κ3) is 4.38. The normalized spacial score (nSPS) is 10.4. The summed E-state index contributed by atoms with van der Waals surface area (Å²) >= 11 is 0. The van der Waals surface area contributed by atoms with Crippen molar-refractivity contribution in [1.29, 1.82) is 0 Å². The Balaban J connectivity index is 1.80. The van der Waals surface area contributed by atoms with Crippen LogP contribution in [0.4, 0.5) is 21.6 Å². The van der Waals surface area contributed by atoms with E-state index in [0.717, 1.165) is 11.3 Å². The highest BCUT2D eigenvalue weighted by atomic mass is 19.1. The molecule has 0 saturated heterocycles. The molecule has 0 spiro atoms. The van der Waals surface area contributed by atoms with Crippen molar-refractivity contribution in [3.8, 4) is 0 Å². The molecule has 0 bridgehead atoms. The van der Waals surface area contributed by atoms with E-state index < -0.39 is 0 Å². The van der Waals surface area contributed by atoms with Crippen molar-refractivity contribution in [2.45, 2.75) is 13.8 Å². The fourth-order valence-corrected chi connectivity index (χ4v) is 2.35. The molecule has 0 aliphatic heterocycles. The highest BCUT2D eigenvalue weighted by Crippen LogP contribution is 2.17. The molecule has 0 fully saturated rings. The Morgan fingerprint density at radius 1 is 0.960 bits per heavy atom. The van der Waals surface area contributed by atoms with Crippen molar-refractivity contribution in [2.24, 2.45) is 0 Å². The van der Waals surface area contributed by atoms with E-state index in [1.54, 1.807) is 13.0 Å². The van der Waals surface area contributed by atoms with Crippen LogP contribution in [0.3, 0.4) is 0 Å². The lowest BCUT2D eigenvalue weighted by atomic mass is 10.2. The van der Waals surface area contributed by atoms with E-state index in [9.17, 15) is 9.18 Å². The quantitative estimate of drug-likeness (QED) is 0.748. The summed E-state index contributed by atoms with van der Waals surface area (Å²) in [4.78, 5) is 20.9. The van der Waals surface area contributed by atoms with Gasteiger partial charge >= 0.3 is 0 Å². The van der Waals surface area contributed by atoms with Gasteiger partial charge in [-0.25, -0.2) is 14.4 Å². The van der Waals surface area contributed by atoms with E-state index in [1.165, 1.54) is 24.3 Å². The van der Waals surface area contributed by atoms with Gasteiger partial charge in [0.25, 0.3) is 5.91 Å². The summed E-state index contributed by atoms with van der Waals surface area (Å²) in [5.74, 6) is 0.259. The summed E-state index contributed by atoms with van der Waals surface area (Å²) in [5, 5.41) is 5.86. The summed E-state index contributed by atoms with van der Waals surface area (Å²) in [6.45, 7) is 3.72. The molecular formula is C19H17FN4O. The van der Waals surface area contributed by atoms with Gasteiger partial charge in [-0.3, -0.25) is 4.79 Å². The number of hydrogen-bond acceptors (Lipinski definition) is 4. The molecule has 1 aromatic heterocycles. The Bertz CT molecular complexity index is 910. The number of anilines is 3. The first-order chi connectivity index (χ1) is 12.0. The minimum absolute atomic E-state index is 0.229. The number of amides is 1. The van der Waals surface area contributed by atoms with Crippen LogP contribution in [0.15, 0.2) is 54.6 Å². The third-order valence-electron chi connectivity index (χ3n) is 3.46. The predicted octanol–water partition coefficient (Wildman–Crippen LogP) is 4.23. The van der Waals surface area contributed by atoms with E-state index in [1.807, 2.05) is 31.2 Å². The average Bonchev–Trinajstić information content (AvgIpc) is 2.56. The highest BCUT2D eigenvalue weighted by Gasteiger charge is 2.11. The molecule has 126 valence electrons. The fourth-order valence-electron chi connectivity index (χ4n) is 2.35. The van der Waals surface area contributed by atoms with Crippen molar-refractivity contribution in [2.75, 3.05) is 10.6 Å². The molecule has 2 aromatic carbocycles. The molecule has 1 heterocycles. The summed E-state index contributed by atoms with van der Waals surface area (Å²) in [5.41, 5.74) is 2.72. The maximum absolute atomic E-state index is 12.9. The first-order valence-electron chi connectivity index (χ1n) is 7.76. The zero-order valence-corrected chi connectivity index (χ0v) is 13.9. The molecule has 1 amide bonds. The zero-order chi connectivity index (χ0) is 17.8. The smallest absolute Gasteiger partial charge is 0.274 e. The van der Waals surface area contributed by atoms with Gasteiger partial charge in [0.2, 0.25) is 0 Å². The number of halogens is 1. The number of nitrogens with one attached hydrogen (secondary N) is 2. The lowest BCUT2D eigenvalue weighted by Gasteiger charge is -2.10. The van der Waals surface area contributed by atoms with Gasteiger partial charge < -0.3 is 10.6 Å². The number of aromatic nitrogens is 2. The van der Waals surface area contributed by atoms with Gasteiger partial charge in [0, 0.05) is 17.4 Å². The van der Waals surface area contributed by atoms with E-state index in [0.29, 0.717) is 17.3 Å². The minimum Gasteiger partial charge on any atom is -0.340 e. The topological polar surface area (TPSA) is 66.9 Å².